The first-order chi connectivity index (χ1) is 31.9. The van der Waals surface area contributed by atoms with E-state index in [9.17, 15) is 0 Å². The van der Waals surface area contributed by atoms with Crippen LogP contribution in [0.15, 0.2) is 237 Å². The second kappa shape index (κ2) is 15.7. The van der Waals surface area contributed by atoms with Crippen LogP contribution in [0.25, 0.3) is 61.2 Å². The van der Waals surface area contributed by atoms with Gasteiger partial charge in [-0.2, -0.15) is 0 Å². The van der Waals surface area contributed by atoms with Crippen molar-refractivity contribution in [3.63, 3.8) is 0 Å². The third-order valence-electron chi connectivity index (χ3n) is 13.9. The van der Waals surface area contributed by atoms with Gasteiger partial charge in [0, 0.05) is 34.0 Å². The zero-order valence-corrected chi connectivity index (χ0v) is 36.5. The Balaban J connectivity index is 0.886. The number of nitrogens with zero attached hydrogens (tertiary/aromatic N) is 1. The zero-order chi connectivity index (χ0) is 43.5. The normalized spacial score (nSPS) is 16.1. The van der Waals surface area contributed by atoms with Gasteiger partial charge in [-0.3, -0.25) is 0 Å². The molecule has 0 radical (unpaired) electrons. The van der Waals surface area contributed by atoms with Crippen LogP contribution in [-0.4, -0.2) is 6.10 Å². The van der Waals surface area contributed by atoms with Crippen LogP contribution in [0.3, 0.4) is 0 Å². The molecule has 2 heteroatoms. The first-order valence-corrected chi connectivity index (χ1v) is 22.7. The van der Waals surface area contributed by atoms with Crippen LogP contribution in [0.1, 0.15) is 42.0 Å². The molecular formula is C63H47NO. The minimum Gasteiger partial charge on any atom is -0.485 e. The van der Waals surface area contributed by atoms with Crippen molar-refractivity contribution in [1.29, 1.82) is 0 Å². The van der Waals surface area contributed by atoms with E-state index in [2.05, 4.69) is 255 Å². The molecule has 0 amide bonds. The van der Waals surface area contributed by atoms with Crippen LogP contribution in [0, 0.1) is 0 Å². The lowest BCUT2D eigenvalue weighted by atomic mass is 9.80. The van der Waals surface area contributed by atoms with Crippen LogP contribution in [-0.2, 0) is 5.41 Å². The van der Waals surface area contributed by atoms with Crippen LogP contribution in [0.2, 0.25) is 0 Å². The summed E-state index contributed by atoms with van der Waals surface area (Å²) in [5.41, 5.74) is 21.9. The van der Waals surface area contributed by atoms with Gasteiger partial charge < -0.3 is 9.64 Å². The molecule has 0 bridgehead atoms. The highest BCUT2D eigenvalue weighted by Gasteiger charge is 2.37. The van der Waals surface area contributed by atoms with Gasteiger partial charge in [-0.15, -0.1) is 0 Å². The highest BCUT2D eigenvalue weighted by Crippen LogP contribution is 2.52. The van der Waals surface area contributed by atoms with E-state index in [4.69, 9.17) is 4.74 Å². The van der Waals surface area contributed by atoms with Gasteiger partial charge in [0.2, 0.25) is 0 Å². The number of hydrogen-bond donors (Lipinski definition) is 0. The third-order valence-corrected chi connectivity index (χ3v) is 13.9. The predicted octanol–water partition coefficient (Wildman–Crippen LogP) is 16.6. The van der Waals surface area contributed by atoms with Crippen LogP contribution in [0.4, 0.5) is 17.1 Å². The maximum absolute atomic E-state index is 6.29. The van der Waals surface area contributed by atoms with Gasteiger partial charge in [0.05, 0.1) is 0 Å². The fourth-order valence-electron chi connectivity index (χ4n) is 10.3. The Morgan fingerprint density at radius 2 is 0.815 bits per heavy atom. The van der Waals surface area contributed by atoms with E-state index in [1.807, 2.05) is 0 Å². The van der Waals surface area contributed by atoms with Crippen LogP contribution in [0.5, 0.6) is 5.75 Å². The van der Waals surface area contributed by atoms with Crippen molar-refractivity contribution >= 4 is 22.6 Å². The van der Waals surface area contributed by atoms with Crippen LogP contribution < -0.4 is 9.64 Å². The molecule has 0 aromatic heterocycles. The van der Waals surface area contributed by atoms with Crippen molar-refractivity contribution < 1.29 is 4.74 Å². The number of fused-ring (bicyclic) bond motifs is 6. The lowest BCUT2D eigenvalue weighted by molar-refractivity contribution is 0.269. The van der Waals surface area contributed by atoms with E-state index < -0.39 is 0 Å². The molecule has 0 saturated heterocycles. The Morgan fingerprint density at radius 3 is 1.35 bits per heavy atom. The SMILES string of the molecule is CC1(C)c2cc(C3=CC4c5ccccc5OC4C=C3)ccc2-c2ccc(N(c3ccc(-c4ccc(-c5ccccc5)cc4)cc3)c3ccc(-c4ccc(-c5ccccc5)cc4)cc3)cc21. The van der Waals surface area contributed by atoms with Gasteiger partial charge in [0.1, 0.15) is 11.9 Å². The van der Waals surface area contributed by atoms with Crippen molar-refractivity contribution in [2.24, 2.45) is 0 Å². The molecule has 9 aromatic rings. The molecule has 2 atom stereocenters. The molecule has 9 aromatic carbocycles. The Bertz CT molecular complexity index is 3140. The average Bonchev–Trinajstić information content (AvgIpc) is 3.85. The summed E-state index contributed by atoms with van der Waals surface area (Å²) in [7, 11) is 0. The molecule has 0 spiro atoms. The molecule has 1 heterocycles. The number of allylic oxidation sites excluding steroid dienone is 2. The molecule has 2 nitrogen and oxygen atoms in total. The van der Waals surface area contributed by atoms with Gasteiger partial charge in [0.15, 0.2) is 0 Å². The summed E-state index contributed by atoms with van der Waals surface area (Å²) in [4.78, 5) is 2.41. The summed E-state index contributed by atoms with van der Waals surface area (Å²) in [6.45, 7) is 4.76. The summed E-state index contributed by atoms with van der Waals surface area (Å²) in [6.07, 6.45) is 6.93. The van der Waals surface area contributed by atoms with Crippen LogP contribution >= 0.6 is 0 Å². The molecule has 3 aliphatic rings. The highest BCUT2D eigenvalue weighted by molar-refractivity contribution is 5.89. The van der Waals surface area contributed by atoms with Gasteiger partial charge in [-0.25, -0.2) is 0 Å². The first-order valence-electron chi connectivity index (χ1n) is 22.7. The standard InChI is InChI=1S/C63H47NO/c1-63(2)59-40-51(50-30-38-62-58(39-50)57-15-9-10-16-61(57)65-62)29-36-55(59)56-37-35-54(41-60(56)63)64(52-31-25-48(26-32-52)46-21-17-44(18-22-46)42-11-5-3-6-12-42)53-33-27-49(28-34-53)47-23-19-45(20-24-47)43-13-7-4-8-14-43/h3-41,58,62H,1-2H3. The Hall–Kier alpha value is -7.94. The maximum Gasteiger partial charge on any atom is 0.128 e. The molecule has 2 unspecified atom stereocenters. The van der Waals surface area contributed by atoms with Gasteiger partial charge in [-0.05, 0) is 133 Å². The van der Waals surface area contributed by atoms with E-state index in [-0.39, 0.29) is 17.4 Å². The smallest absolute Gasteiger partial charge is 0.128 e. The lowest BCUT2D eigenvalue weighted by Gasteiger charge is -2.28. The van der Waals surface area contributed by atoms with Crippen molar-refractivity contribution in [2.75, 3.05) is 4.90 Å². The minimum absolute atomic E-state index is 0.0537. The monoisotopic (exact) mass is 833 g/mol. The summed E-state index contributed by atoms with van der Waals surface area (Å²) in [5.74, 6) is 1.22. The fraction of sp³-hybridized carbons (Fsp3) is 0.0794. The minimum atomic E-state index is -0.210. The molecule has 12 rings (SSSR count). The second-order valence-corrected chi connectivity index (χ2v) is 18.1. The maximum atomic E-state index is 6.29. The predicted molar refractivity (Wildman–Crippen MR) is 271 cm³/mol. The third kappa shape index (κ3) is 6.90. The number of anilines is 3. The van der Waals surface area contributed by atoms with Crippen molar-refractivity contribution in [3.8, 4) is 61.4 Å². The van der Waals surface area contributed by atoms with E-state index in [1.165, 1.54) is 83.5 Å². The molecule has 310 valence electrons. The average molecular weight is 834 g/mol. The lowest BCUT2D eigenvalue weighted by Crippen LogP contribution is -2.18. The molecule has 0 saturated carbocycles. The first kappa shape index (κ1) is 38.7. The van der Waals surface area contributed by atoms with E-state index in [0.29, 0.717) is 0 Å². The van der Waals surface area contributed by atoms with Gasteiger partial charge in [-0.1, -0.05) is 196 Å². The number of rotatable bonds is 8. The summed E-state index contributed by atoms with van der Waals surface area (Å²) in [5, 5.41) is 0. The van der Waals surface area contributed by atoms with Crippen molar-refractivity contribution in [2.45, 2.75) is 31.3 Å². The second-order valence-electron chi connectivity index (χ2n) is 18.1. The zero-order valence-electron chi connectivity index (χ0n) is 36.5. The number of para-hydroxylation sites is 1. The van der Waals surface area contributed by atoms with Gasteiger partial charge >= 0.3 is 0 Å². The molecule has 0 N–H and O–H groups in total. The number of ether oxygens (including phenoxy) is 1. The topological polar surface area (TPSA) is 12.5 Å². The highest BCUT2D eigenvalue weighted by atomic mass is 16.5. The van der Waals surface area contributed by atoms with Gasteiger partial charge in [0.25, 0.3) is 0 Å². The molecule has 0 fully saturated rings. The largest absolute Gasteiger partial charge is 0.485 e. The fourth-order valence-corrected chi connectivity index (χ4v) is 10.3. The molecule has 1 aliphatic heterocycles. The Kier molecular flexibility index (Phi) is 9.35. The molecule has 65 heavy (non-hydrogen) atoms. The van der Waals surface area contributed by atoms with Crippen molar-refractivity contribution in [1.82, 2.24) is 0 Å². The molecule has 2 aliphatic carbocycles. The Labute approximate surface area is 382 Å². The van der Waals surface area contributed by atoms with E-state index in [1.54, 1.807) is 0 Å². The van der Waals surface area contributed by atoms with Crippen molar-refractivity contribution in [3.05, 3.63) is 259 Å². The summed E-state index contributed by atoms with van der Waals surface area (Å²) >= 11 is 0. The summed E-state index contributed by atoms with van der Waals surface area (Å²) in [6, 6.07) is 79.6. The summed E-state index contributed by atoms with van der Waals surface area (Å²) < 4.78 is 6.29. The number of benzene rings is 9. The quantitative estimate of drug-likeness (QED) is 0.151. The Morgan fingerprint density at radius 1 is 0.400 bits per heavy atom. The number of hydrogen-bond acceptors (Lipinski definition) is 2. The molecular weight excluding hydrogens is 787 g/mol. The van der Waals surface area contributed by atoms with E-state index >= 15 is 0 Å². The van der Waals surface area contributed by atoms with E-state index in [0.717, 1.165) is 22.8 Å².